The van der Waals surface area contributed by atoms with Crippen LogP contribution in [0.15, 0.2) is 35.2 Å². The van der Waals surface area contributed by atoms with E-state index in [-0.39, 0.29) is 36.3 Å². The number of hydrogen-bond donors (Lipinski definition) is 0. The van der Waals surface area contributed by atoms with E-state index in [0.717, 1.165) is 25.7 Å². The number of hydrogen-bond acceptors (Lipinski definition) is 5. The summed E-state index contributed by atoms with van der Waals surface area (Å²) in [6.45, 7) is 3.21. The lowest BCUT2D eigenvalue weighted by Crippen LogP contribution is -2.38. The molecule has 0 amide bonds. The van der Waals surface area contributed by atoms with Crippen LogP contribution >= 0.6 is 11.8 Å². The first-order chi connectivity index (χ1) is 19.6. The summed E-state index contributed by atoms with van der Waals surface area (Å²) in [6, 6.07) is 6.64. The van der Waals surface area contributed by atoms with Crippen molar-refractivity contribution in [1.29, 1.82) is 5.26 Å². The van der Waals surface area contributed by atoms with Gasteiger partial charge in [-0.05, 0) is 92.5 Å². The summed E-state index contributed by atoms with van der Waals surface area (Å²) in [5.41, 5.74) is 1.40. The Morgan fingerprint density at radius 3 is 2.00 bits per heavy atom. The summed E-state index contributed by atoms with van der Waals surface area (Å²) in [5.74, 6) is -2.94. The minimum absolute atomic E-state index is 0.126. The molecule has 0 aromatic heterocycles. The van der Waals surface area contributed by atoms with Gasteiger partial charge in [-0.1, -0.05) is 19.1 Å². The average molecular weight is 596 g/mol. The van der Waals surface area contributed by atoms with Crippen molar-refractivity contribution < 1.29 is 36.2 Å². The van der Waals surface area contributed by atoms with Gasteiger partial charge in [-0.25, -0.2) is 13.2 Å². The molecule has 4 nitrogen and oxygen atoms in total. The summed E-state index contributed by atoms with van der Waals surface area (Å²) < 4.78 is 89.3. The van der Waals surface area contributed by atoms with Crippen LogP contribution in [0.3, 0.4) is 0 Å². The number of benzene rings is 2. The van der Waals surface area contributed by atoms with Crippen LogP contribution in [0.25, 0.3) is 0 Å². The fraction of sp³-hybridized carbons (Fsp3) is 0.581. The number of alkyl halides is 2. The maximum Gasteiger partial charge on any atom is 0.400 e. The third-order valence-corrected chi connectivity index (χ3v) is 9.55. The third kappa shape index (κ3) is 7.00. The van der Waals surface area contributed by atoms with Gasteiger partial charge in [0.15, 0.2) is 6.29 Å². The van der Waals surface area contributed by atoms with Crippen molar-refractivity contribution in [3.8, 4) is 11.2 Å². The normalized spacial score (nSPS) is 29.1. The summed E-state index contributed by atoms with van der Waals surface area (Å²) in [6.07, 6.45) is 1.22. The first kappa shape index (κ1) is 30.1. The molecule has 222 valence electrons. The molecule has 1 saturated heterocycles. The molecule has 3 aliphatic rings. The molecule has 1 aliphatic heterocycles. The maximum absolute atomic E-state index is 15.1. The number of nitrogens with zero attached hydrogens (tertiary/aromatic N) is 1. The number of rotatable bonds is 7. The van der Waals surface area contributed by atoms with Crippen LogP contribution in [0.4, 0.5) is 22.0 Å². The lowest BCUT2D eigenvalue weighted by molar-refractivity contribution is -0.224. The molecule has 2 aromatic carbocycles. The van der Waals surface area contributed by atoms with Gasteiger partial charge in [-0.15, -0.1) is 0 Å². The van der Waals surface area contributed by atoms with Crippen LogP contribution in [0.5, 0.6) is 5.75 Å². The standard InChI is InChI=1S/C31H34F5NO3S/c1-18-15-38-30(39-16-18)22-8-11-25(26(32)12-22)21-4-2-19(3-5-21)20-6-9-23(10-7-20)31(35,36)40-24-13-27(33)29(41-17-37)28(34)14-24/h8,11-14,18-21,23,30H,2-7,9-10,15-16H2,1H3. The van der Waals surface area contributed by atoms with E-state index < -0.39 is 40.6 Å². The molecular formula is C31H34F5NO3S. The van der Waals surface area contributed by atoms with Crippen molar-refractivity contribution in [2.75, 3.05) is 13.2 Å². The van der Waals surface area contributed by atoms with E-state index in [1.807, 2.05) is 19.1 Å². The van der Waals surface area contributed by atoms with E-state index in [0.29, 0.717) is 67.1 Å². The van der Waals surface area contributed by atoms with Gasteiger partial charge in [0.25, 0.3) is 0 Å². The van der Waals surface area contributed by atoms with Crippen LogP contribution in [0.1, 0.15) is 81.6 Å². The van der Waals surface area contributed by atoms with Gasteiger partial charge in [0.05, 0.1) is 24.0 Å². The van der Waals surface area contributed by atoms with Gasteiger partial charge >= 0.3 is 6.11 Å². The first-order valence-electron chi connectivity index (χ1n) is 14.3. The molecule has 2 saturated carbocycles. The van der Waals surface area contributed by atoms with Crippen LogP contribution < -0.4 is 4.74 Å². The molecule has 0 bridgehead atoms. The highest BCUT2D eigenvalue weighted by atomic mass is 32.2. The van der Waals surface area contributed by atoms with Crippen LogP contribution in [-0.4, -0.2) is 19.3 Å². The van der Waals surface area contributed by atoms with Crippen molar-refractivity contribution >= 4 is 11.8 Å². The summed E-state index contributed by atoms with van der Waals surface area (Å²) in [5, 5.41) is 10.2. The molecular weight excluding hydrogens is 561 g/mol. The Balaban J connectivity index is 1.11. The fourth-order valence-electron chi connectivity index (χ4n) is 6.62. The number of ether oxygens (including phenoxy) is 3. The van der Waals surface area contributed by atoms with Crippen LogP contribution in [0.2, 0.25) is 0 Å². The Kier molecular flexibility index (Phi) is 9.47. The Hall–Kier alpha value is -2.35. The molecule has 2 aliphatic carbocycles. The minimum atomic E-state index is -3.57. The van der Waals surface area contributed by atoms with Gasteiger partial charge in [-0.2, -0.15) is 14.0 Å². The van der Waals surface area contributed by atoms with Crippen LogP contribution in [0, 0.1) is 51.8 Å². The Morgan fingerprint density at radius 2 is 1.44 bits per heavy atom. The zero-order valence-corrected chi connectivity index (χ0v) is 23.7. The molecule has 1 heterocycles. The monoisotopic (exact) mass is 595 g/mol. The first-order valence-corrected chi connectivity index (χ1v) is 15.1. The molecule has 3 fully saturated rings. The summed E-state index contributed by atoms with van der Waals surface area (Å²) in [7, 11) is 0. The summed E-state index contributed by atoms with van der Waals surface area (Å²) >= 11 is 0.287. The predicted molar refractivity (Wildman–Crippen MR) is 144 cm³/mol. The fourth-order valence-corrected chi connectivity index (χ4v) is 7.02. The van der Waals surface area contributed by atoms with Gasteiger partial charge in [0.2, 0.25) is 0 Å². The maximum atomic E-state index is 15.1. The topological polar surface area (TPSA) is 51.5 Å². The van der Waals surface area contributed by atoms with Gasteiger partial charge in [-0.3, -0.25) is 0 Å². The van der Waals surface area contributed by atoms with E-state index >= 15 is 4.39 Å². The largest absolute Gasteiger partial charge is 0.432 e. The minimum Gasteiger partial charge on any atom is -0.432 e. The Morgan fingerprint density at radius 1 is 0.854 bits per heavy atom. The molecule has 0 N–H and O–H groups in total. The molecule has 10 heteroatoms. The van der Waals surface area contributed by atoms with Gasteiger partial charge in [0, 0.05) is 23.6 Å². The summed E-state index contributed by atoms with van der Waals surface area (Å²) in [4.78, 5) is -0.545. The Bertz CT molecular complexity index is 1220. The molecule has 41 heavy (non-hydrogen) atoms. The van der Waals surface area contributed by atoms with Crippen molar-refractivity contribution in [2.24, 2.45) is 23.7 Å². The molecule has 0 unspecified atom stereocenters. The number of nitriles is 1. The lowest BCUT2D eigenvalue weighted by atomic mass is 9.68. The van der Waals surface area contributed by atoms with E-state index in [4.69, 9.17) is 19.5 Å². The zero-order valence-electron chi connectivity index (χ0n) is 22.9. The van der Waals surface area contributed by atoms with Crippen LogP contribution in [-0.2, 0) is 9.47 Å². The average Bonchev–Trinajstić information content (AvgIpc) is 2.95. The predicted octanol–water partition coefficient (Wildman–Crippen LogP) is 9.11. The molecule has 5 rings (SSSR count). The van der Waals surface area contributed by atoms with E-state index in [1.165, 1.54) is 6.07 Å². The smallest absolute Gasteiger partial charge is 0.400 e. The quantitative estimate of drug-likeness (QED) is 0.182. The molecule has 0 spiro atoms. The highest BCUT2D eigenvalue weighted by Gasteiger charge is 2.45. The molecule has 0 radical (unpaired) electrons. The highest BCUT2D eigenvalue weighted by Crippen LogP contribution is 2.47. The van der Waals surface area contributed by atoms with Crippen molar-refractivity contribution in [2.45, 2.75) is 81.5 Å². The van der Waals surface area contributed by atoms with E-state index in [1.54, 1.807) is 5.40 Å². The second-order valence-corrected chi connectivity index (χ2v) is 12.5. The van der Waals surface area contributed by atoms with Crippen molar-refractivity contribution in [1.82, 2.24) is 0 Å². The van der Waals surface area contributed by atoms with Gasteiger partial charge < -0.3 is 14.2 Å². The molecule has 2 aromatic rings. The second kappa shape index (κ2) is 12.9. The number of thiocyanates is 1. The SMILES string of the molecule is CC1COC(c2ccc(C3CCC(C4CCC(C(F)(F)Oc5cc(F)c(SC#N)c(F)c5)CC4)CC3)c(F)c2)OC1. The van der Waals surface area contributed by atoms with E-state index in [9.17, 15) is 17.6 Å². The Labute approximate surface area is 241 Å². The third-order valence-electron chi connectivity index (χ3n) is 8.86. The zero-order chi connectivity index (χ0) is 29.1. The van der Waals surface area contributed by atoms with Crippen molar-refractivity contribution in [3.05, 3.63) is 58.9 Å². The number of thioether (sulfide) groups is 1. The second-order valence-electron chi connectivity index (χ2n) is 11.7. The number of halogens is 5. The highest BCUT2D eigenvalue weighted by molar-refractivity contribution is 8.03. The van der Waals surface area contributed by atoms with Gasteiger partial charge in [0.1, 0.15) is 28.6 Å². The van der Waals surface area contributed by atoms with E-state index in [2.05, 4.69) is 0 Å². The lowest BCUT2D eigenvalue weighted by Gasteiger charge is -2.39. The van der Waals surface area contributed by atoms with Crippen molar-refractivity contribution in [3.63, 3.8) is 0 Å². The molecule has 0 atom stereocenters.